The fraction of sp³-hybridized carbons (Fsp3) is 0.231. The van der Waals surface area contributed by atoms with E-state index in [1.807, 2.05) is 73.7 Å². The molecule has 1 saturated carbocycles. The molecule has 0 aromatic heterocycles. The van der Waals surface area contributed by atoms with Crippen LogP contribution in [0.15, 0.2) is 78.9 Å². The Morgan fingerprint density at radius 3 is 2.26 bits per heavy atom. The summed E-state index contributed by atoms with van der Waals surface area (Å²) >= 11 is 0. The molecule has 5 heteroatoms. The highest BCUT2D eigenvalue weighted by molar-refractivity contribution is 5.94. The van der Waals surface area contributed by atoms with Crippen molar-refractivity contribution >= 4 is 23.3 Å². The van der Waals surface area contributed by atoms with Crippen LogP contribution >= 0.6 is 0 Å². The van der Waals surface area contributed by atoms with Crippen LogP contribution in [0.1, 0.15) is 42.5 Å². The fourth-order valence-electron chi connectivity index (χ4n) is 3.50. The van der Waals surface area contributed by atoms with Crippen molar-refractivity contribution in [1.82, 2.24) is 5.32 Å². The second kappa shape index (κ2) is 9.47. The summed E-state index contributed by atoms with van der Waals surface area (Å²) in [5.41, 5.74) is 4.81. The van der Waals surface area contributed by atoms with E-state index in [9.17, 15) is 9.59 Å². The lowest BCUT2D eigenvalue weighted by molar-refractivity contribution is -0.117. The van der Waals surface area contributed by atoms with Gasteiger partial charge in [-0.25, -0.2) is 4.79 Å². The van der Waals surface area contributed by atoms with Crippen molar-refractivity contribution in [3.63, 3.8) is 0 Å². The maximum absolute atomic E-state index is 12.6. The van der Waals surface area contributed by atoms with Gasteiger partial charge in [-0.2, -0.15) is 0 Å². The molecule has 0 heterocycles. The van der Waals surface area contributed by atoms with Crippen molar-refractivity contribution in [3.8, 4) is 0 Å². The number of hydrogen-bond acceptors (Lipinski definition) is 2. The number of carbonyl (C=O) groups is 2. The van der Waals surface area contributed by atoms with Crippen LogP contribution < -0.4 is 16.0 Å². The third kappa shape index (κ3) is 5.72. The molecule has 3 aromatic rings. The van der Waals surface area contributed by atoms with Gasteiger partial charge in [0, 0.05) is 17.3 Å². The molecule has 1 aliphatic rings. The number of hydrogen-bond donors (Lipinski definition) is 3. The largest absolute Gasteiger partial charge is 0.331 e. The first kappa shape index (κ1) is 20.7. The molecule has 0 radical (unpaired) electrons. The van der Waals surface area contributed by atoms with Crippen LogP contribution in [-0.2, 0) is 11.2 Å². The Bertz CT molecular complexity index is 1040. The van der Waals surface area contributed by atoms with Gasteiger partial charge >= 0.3 is 6.03 Å². The summed E-state index contributed by atoms with van der Waals surface area (Å²) in [7, 11) is 0. The molecule has 5 nitrogen and oxygen atoms in total. The zero-order valence-corrected chi connectivity index (χ0v) is 17.6. The van der Waals surface area contributed by atoms with Gasteiger partial charge in [0.05, 0.1) is 6.04 Å². The lowest BCUT2D eigenvalue weighted by atomic mass is 10.0. The Hall–Kier alpha value is -3.60. The number of nitrogens with one attached hydrogen (secondary N) is 3. The zero-order chi connectivity index (χ0) is 21.6. The van der Waals surface area contributed by atoms with E-state index in [0.717, 1.165) is 41.8 Å². The van der Waals surface area contributed by atoms with Crippen LogP contribution in [0.25, 0.3) is 0 Å². The highest BCUT2D eigenvalue weighted by Gasteiger charge is 2.29. The fourth-order valence-corrected chi connectivity index (χ4v) is 3.50. The van der Waals surface area contributed by atoms with Crippen LogP contribution in [0, 0.1) is 5.92 Å². The van der Waals surface area contributed by atoms with E-state index in [0.29, 0.717) is 0 Å². The van der Waals surface area contributed by atoms with Gasteiger partial charge in [0.25, 0.3) is 0 Å². The van der Waals surface area contributed by atoms with Crippen LogP contribution in [-0.4, -0.2) is 11.9 Å². The minimum absolute atomic E-state index is 0.0902. The van der Waals surface area contributed by atoms with E-state index in [-0.39, 0.29) is 23.9 Å². The highest BCUT2D eigenvalue weighted by Crippen LogP contribution is 2.30. The van der Waals surface area contributed by atoms with Crippen molar-refractivity contribution in [2.75, 3.05) is 10.6 Å². The zero-order valence-electron chi connectivity index (χ0n) is 17.6. The molecule has 0 aliphatic heterocycles. The SMILES string of the molecule is C[C@H](NC(=O)Nc1ccccc1Cc1ccccc1)c1ccc(NC(=O)C2CC2)cc1. The predicted molar refractivity (Wildman–Crippen MR) is 124 cm³/mol. The van der Waals surface area contributed by atoms with Crippen molar-refractivity contribution in [3.05, 3.63) is 95.6 Å². The standard InChI is InChI=1S/C26H27N3O2/c1-18(20-13-15-23(16-14-20)28-25(30)21-11-12-21)27-26(31)29-24-10-6-5-9-22(24)17-19-7-3-2-4-8-19/h2-10,13-16,18,21H,11-12,17H2,1H3,(H,28,30)(H2,27,29,31)/t18-/m0/s1. The molecule has 1 aliphatic carbocycles. The Kier molecular flexibility index (Phi) is 6.32. The average molecular weight is 414 g/mol. The minimum Gasteiger partial charge on any atom is -0.331 e. The van der Waals surface area contributed by atoms with Gasteiger partial charge in [0.15, 0.2) is 0 Å². The smallest absolute Gasteiger partial charge is 0.319 e. The van der Waals surface area contributed by atoms with Crippen LogP contribution in [0.2, 0.25) is 0 Å². The quantitative estimate of drug-likeness (QED) is 0.478. The maximum Gasteiger partial charge on any atom is 0.319 e. The molecule has 0 saturated heterocycles. The predicted octanol–water partition coefficient (Wildman–Crippen LogP) is 5.51. The number of urea groups is 1. The Morgan fingerprint density at radius 2 is 1.55 bits per heavy atom. The number of anilines is 2. The van der Waals surface area contributed by atoms with E-state index in [1.165, 1.54) is 5.56 Å². The minimum atomic E-state index is -0.251. The monoisotopic (exact) mass is 413 g/mol. The molecule has 0 spiro atoms. The van der Waals surface area contributed by atoms with Crippen LogP contribution in [0.4, 0.5) is 16.2 Å². The van der Waals surface area contributed by atoms with Gasteiger partial charge in [-0.3, -0.25) is 4.79 Å². The van der Waals surface area contributed by atoms with E-state index in [1.54, 1.807) is 0 Å². The molecule has 0 bridgehead atoms. The van der Waals surface area contributed by atoms with Gasteiger partial charge in [0.1, 0.15) is 0 Å². The molecule has 31 heavy (non-hydrogen) atoms. The summed E-state index contributed by atoms with van der Waals surface area (Å²) in [5, 5.41) is 8.90. The number of amides is 3. The number of rotatable bonds is 7. The van der Waals surface area contributed by atoms with E-state index in [2.05, 4.69) is 28.1 Å². The van der Waals surface area contributed by atoms with E-state index in [4.69, 9.17) is 0 Å². The molecular formula is C26H27N3O2. The van der Waals surface area contributed by atoms with Gasteiger partial charge in [0.2, 0.25) is 5.91 Å². The van der Waals surface area contributed by atoms with Gasteiger partial charge in [-0.15, -0.1) is 0 Å². The maximum atomic E-state index is 12.6. The molecule has 3 amide bonds. The number of para-hydroxylation sites is 1. The molecule has 0 unspecified atom stereocenters. The number of carbonyl (C=O) groups excluding carboxylic acids is 2. The summed E-state index contributed by atoms with van der Waals surface area (Å²) in [6.07, 6.45) is 2.71. The number of benzene rings is 3. The highest BCUT2D eigenvalue weighted by atomic mass is 16.2. The van der Waals surface area contributed by atoms with Gasteiger partial charge < -0.3 is 16.0 Å². The molecule has 4 rings (SSSR count). The first-order valence-corrected chi connectivity index (χ1v) is 10.7. The molecule has 1 atom stereocenters. The average Bonchev–Trinajstić information content (AvgIpc) is 3.62. The van der Waals surface area contributed by atoms with Gasteiger partial charge in [-0.05, 0) is 61.1 Å². The molecule has 3 aromatic carbocycles. The second-order valence-electron chi connectivity index (χ2n) is 8.03. The van der Waals surface area contributed by atoms with E-state index >= 15 is 0 Å². The topological polar surface area (TPSA) is 70.2 Å². The lowest BCUT2D eigenvalue weighted by Crippen LogP contribution is -2.31. The van der Waals surface area contributed by atoms with Crippen LogP contribution in [0.3, 0.4) is 0 Å². The lowest BCUT2D eigenvalue weighted by Gasteiger charge is -2.17. The molecule has 1 fully saturated rings. The third-order valence-corrected chi connectivity index (χ3v) is 5.48. The first-order valence-electron chi connectivity index (χ1n) is 10.7. The van der Waals surface area contributed by atoms with Crippen molar-refractivity contribution in [2.45, 2.75) is 32.2 Å². The molecule has 158 valence electrons. The Balaban J connectivity index is 1.35. The van der Waals surface area contributed by atoms with Crippen molar-refractivity contribution < 1.29 is 9.59 Å². The summed E-state index contributed by atoms with van der Waals surface area (Å²) in [6.45, 7) is 1.94. The summed E-state index contributed by atoms with van der Waals surface area (Å²) in [5.74, 6) is 0.265. The van der Waals surface area contributed by atoms with Crippen LogP contribution in [0.5, 0.6) is 0 Å². The first-order chi connectivity index (χ1) is 15.1. The third-order valence-electron chi connectivity index (χ3n) is 5.48. The second-order valence-corrected chi connectivity index (χ2v) is 8.03. The van der Waals surface area contributed by atoms with E-state index < -0.39 is 0 Å². The summed E-state index contributed by atoms with van der Waals surface area (Å²) < 4.78 is 0. The summed E-state index contributed by atoms with van der Waals surface area (Å²) in [6, 6.07) is 25.2. The normalized spacial score (nSPS) is 13.8. The van der Waals surface area contributed by atoms with Crippen molar-refractivity contribution in [1.29, 1.82) is 0 Å². The van der Waals surface area contributed by atoms with Gasteiger partial charge in [-0.1, -0.05) is 60.7 Å². The van der Waals surface area contributed by atoms with Crippen molar-refractivity contribution in [2.24, 2.45) is 5.92 Å². The molecular weight excluding hydrogens is 386 g/mol. The molecule has 3 N–H and O–H groups in total. The Morgan fingerprint density at radius 1 is 0.871 bits per heavy atom. The Labute approximate surface area is 182 Å². The summed E-state index contributed by atoms with van der Waals surface area (Å²) in [4.78, 5) is 24.5.